The Morgan fingerprint density at radius 1 is 1.50 bits per heavy atom. The maximum atomic E-state index is 11.0. The molecule has 2 aromatic rings. The minimum Gasteiger partial charge on any atom is -0.365 e. The molecule has 1 atom stereocenters. The van der Waals surface area contributed by atoms with Gasteiger partial charge in [0.2, 0.25) is 5.91 Å². The summed E-state index contributed by atoms with van der Waals surface area (Å²) in [6, 6.07) is 3.82. The van der Waals surface area contributed by atoms with Gasteiger partial charge in [0.05, 0.1) is 12.2 Å². The molecule has 3 heterocycles. The second kappa shape index (κ2) is 3.48. The average molecular weight is 217 g/mol. The van der Waals surface area contributed by atoms with Crippen LogP contribution in [0.1, 0.15) is 6.42 Å². The SMILES string of the molecule is O=C1CC(Nc2ccn3nccc3n2)CN1. The second-order valence-electron chi connectivity index (χ2n) is 3.80. The van der Waals surface area contributed by atoms with Crippen molar-refractivity contribution in [3.05, 3.63) is 24.5 Å². The first-order valence-electron chi connectivity index (χ1n) is 5.15. The Morgan fingerprint density at radius 2 is 2.44 bits per heavy atom. The Hall–Kier alpha value is -2.11. The molecule has 0 spiro atoms. The van der Waals surface area contributed by atoms with E-state index in [4.69, 9.17) is 0 Å². The number of hydrogen-bond donors (Lipinski definition) is 2. The molecule has 1 amide bonds. The van der Waals surface area contributed by atoms with E-state index in [9.17, 15) is 4.79 Å². The number of hydrogen-bond acceptors (Lipinski definition) is 4. The molecule has 6 heteroatoms. The van der Waals surface area contributed by atoms with Crippen molar-refractivity contribution in [3.63, 3.8) is 0 Å². The predicted molar refractivity (Wildman–Crippen MR) is 58.0 cm³/mol. The molecule has 6 nitrogen and oxygen atoms in total. The van der Waals surface area contributed by atoms with Crippen LogP contribution in [0.25, 0.3) is 5.65 Å². The van der Waals surface area contributed by atoms with Gasteiger partial charge in [0.15, 0.2) is 5.65 Å². The second-order valence-corrected chi connectivity index (χ2v) is 3.80. The van der Waals surface area contributed by atoms with Crippen molar-refractivity contribution in [2.45, 2.75) is 12.5 Å². The van der Waals surface area contributed by atoms with Gasteiger partial charge in [-0.1, -0.05) is 0 Å². The molecule has 1 fully saturated rings. The Kier molecular flexibility index (Phi) is 1.99. The molecule has 1 saturated heterocycles. The van der Waals surface area contributed by atoms with E-state index in [0.717, 1.165) is 11.5 Å². The summed E-state index contributed by atoms with van der Waals surface area (Å²) in [6.07, 6.45) is 4.05. The van der Waals surface area contributed by atoms with Gasteiger partial charge in [-0.3, -0.25) is 4.79 Å². The average Bonchev–Trinajstić information content (AvgIpc) is 2.87. The highest BCUT2D eigenvalue weighted by Crippen LogP contribution is 2.10. The lowest BCUT2D eigenvalue weighted by atomic mass is 10.2. The van der Waals surface area contributed by atoms with Crippen LogP contribution in [0.5, 0.6) is 0 Å². The van der Waals surface area contributed by atoms with E-state index in [-0.39, 0.29) is 11.9 Å². The smallest absolute Gasteiger partial charge is 0.222 e. The fourth-order valence-electron chi connectivity index (χ4n) is 1.81. The number of carbonyl (C=O) groups is 1. The topological polar surface area (TPSA) is 71.3 Å². The van der Waals surface area contributed by atoms with Gasteiger partial charge >= 0.3 is 0 Å². The molecule has 0 radical (unpaired) electrons. The fraction of sp³-hybridized carbons (Fsp3) is 0.300. The van der Waals surface area contributed by atoms with Crippen LogP contribution in [0.4, 0.5) is 5.82 Å². The highest BCUT2D eigenvalue weighted by molar-refractivity contribution is 5.79. The lowest BCUT2D eigenvalue weighted by molar-refractivity contribution is -0.119. The number of nitrogens with zero attached hydrogens (tertiary/aromatic N) is 3. The van der Waals surface area contributed by atoms with Crippen molar-refractivity contribution in [1.29, 1.82) is 0 Å². The lowest BCUT2D eigenvalue weighted by Gasteiger charge is -2.10. The number of anilines is 1. The first kappa shape index (κ1) is 9.14. The number of fused-ring (bicyclic) bond motifs is 1. The third kappa shape index (κ3) is 1.58. The van der Waals surface area contributed by atoms with E-state index in [2.05, 4.69) is 20.7 Å². The molecule has 2 aromatic heterocycles. The molecule has 16 heavy (non-hydrogen) atoms. The number of amides is 1. The zero-order chi connectivity index (χ0) is 11.0. The highest BCUT2D eigenvalue weighted by atomic mass is 16.1. The predicted octanol–water partition coefficient (Wildman–Crippen LogP) is 0.0297. The molecule has 1 aliphatic heterocycles. The van der Waals surface area contributed by atoms with Crippen molar-refractivity contribution in [2.24, 2.45) is 0 Å². The van der Waals surface area contributed by atoms with Crippen molar-refractivity contribution < 1.29 is 4.79 Å². The Bertz CT molecular complexity index is 535. The maximum absolute atomic E-state index is 11.0. The van der Waals surface area contributed by atoms with Gasteiger partial charge in [-0.25, -0.2) is 9.50 Å². The van der Waals surface area contributed by atoms with E-state index in [1.54, 1.807) is 10.7 Å². The molecule has 0 saturated carbocycles. The number of rotatable bonds is 2. The third-order valence-corrected chi connectivity index (χ3v) is 2.59. The van der Waals surface area contributed by atoms with Gasteiger partial charge in [0.25, 0.3) is 0 Å². The van der Waals surface area contributed by atoms with E-state index in [0.29, 0.717) is 13.0 Å². The number of nitrogens with one attached hydrogen (secondary N) is 2. The van der Waals surface area contributed by atoms with Gasteiger partial charge in [0, 0.05) is 25.2 Å². The van der Waals surface area contributed by atoms with Crippen LogP contribution in [0.2, 0.25) is 0 Å². The van der Waals surface area contributed by atoms with Crippen LogP contribution in [-0.4, -0.2) is 33.1 Å². The molecule has 82 valence electrons. The molecule has 1 aliphatic rings. The summed E-state index contributed by atoms with van der Waals surface area (Å²) in [5, 5.41) is 10.1. The van der Waals surface area contributed by atoms with Crippen LogP contribution in [0.15, 0.2) is 24.5 Å². The summed E-state index contributed by atoms with van der Waals surface area (Å²) in [5.41, 5.74) is 0.794. The van der Waals surface area contributed by atoms with Crippen LogP contribution < -0.4 is 10.6 Å². The first-order chi connectivity index (χ1) is 7.81. The van der Waals surface area contributed by atoms with Crippen molar-refractivity contribution in [1.82, 2.24) is 19.9 Å². The van der Waals surface area contributed by atoms with Gasteiger partial charge in [-0.05, 0) is 6.07 Å². The van der Waals surface area contributed by atoms with E-state index >= 15 is 0 Å². The van der Waals surface area contributed by atoms with Crippen LogP contribution in [0.3, 0.4) is 0 Å². The highest BCUT2D eigenvalue weighted by Gasteiger charge is 2.21. The van der Waals surface area contributed by atoms with E-state index in [1.807, 2.05) is 18.3 Å². The van der Waals surface area contributed by atoms with Crippen LogP contribution >= 0.6 is 0 Å². The zero-order valence-electron chi connectivity index (χ0n) is 8.55. The normalized spacial score (nSPS) is 20.0. The van der Waals surface area contributed by atoms with Gasteiger partial charge in [-0.15, -0.1) is 0 Å². The number of carbonyl (C=O) groups excluding carboxylic acids is 1. The Labute approximate surface area is 91.7 Å². The monoisotopic (exact) mass is 217 g/mol. The Balaban J connectivity index is 1.81. The van der Waals surface area contributed by atoms with Gasteiger partial charge in [-0.2, -0.15) is 5.10 Å². The summed E-state index contributed by atoms with van der Waals surface area (Å²) in [7, 11) is 0. The summed E-state index contributed by atoms with van der Waals surface area (Å²) < 4.78 is 1.70. The van der Waals surface area contributed by atoms with Crippen molar-refractivity contribution in [2.75, 3.05) is 11.9 Å². The third-order valence-electron chi connectivity index (χ3n) is 2.59. The van der Waals surface area contributed by atoms with Crippen LogP contribution in [0, 0.1) is 0 Å². The summed E-state index contributed by atoms with van der Waals surface area (Å²) >= 11 is 0. The van der Waals surface area contributed by atoms with Gasteiger partial charge < -0.3 is 10.6 Å². The zero-order valence-corrected chi connectivity index (χ0v) is 8.55. The molecule has 1 unspecified atom stereocenters. The maximum Gasteiger partial charge on any atom is 0.222 e. The van der Waals surface area contributed by atoms with E-state index < -0.39 is 0 Å². The molecule has 0 bridgehead atoms. The molecule has 3 rings (SSSR count). The van der Waals surface area contributed by atoms with Crippen molar-refractivity contribution >= 4 is 17.4 Å². The molecule has 0 aliphatic carbocycles. The quantitative estimate of drug-likeness (QED) is 0.744. The van der Waals surface area contributed by atoms with Crippen molar-refractivity contribution in [3.8, 4) is 0 Å². The van der Waals surface area contributed by atoms with Gasteiger partial charge in [0.1, 0.15) is 5.82 Å². The summed E-state index contributed by atoms with van der Waals surface area (Å²) in [6.45, 7) is 0.658. The fourth-order valence-corrected chi connectivity index (χ4v) is 1.81. The molecular formula is C10H11N5O. The summed E-state index contributed by atoms with van der Waals surface area (Å²) in [4.78, 5) is 15.4. The minimum absolute atomic E-state index is 0.0860. The molecule has 0 aromatic carbocycles. The standard InChI is InChI=1S/C10H11N5O/c16-10-5-7(6-11-10)13-8-2-4-15-9(14-8)1-3-12-15/h1-4,7H,5-6H2,(H,11,16)(H,13,14). The molecular weight excluding hydrogens is 206 g/mol. The molecule has 2 N–H and O–H groups in total. The minimum atomic E-state index is 0.0860. The van der Waals surface area contributed by atoms with E-state index in [1.165, 1.54) is 0 Å². The summed E-state index contributed by atoms with van der Waals surface area (Å²) in [5.74, 6) is 0.859. The van der Waals surface area contributed by atoms with Crippen LogP contribution in [-0.2, 0) is 4.79 Å². The lowest BCUT2D eigenvalue weighted by Crippen LogP contribution is -2.22. The largest absolute Gasteiger partial charge is 0.365 e. The first-order valence-corrected chi connectivity index (χ1v) is 5.15. The number of aromatic nitrogens is 3. The Morgan fingerprint density at radius 3 is 3.25 bits per heavy atom.